The lowest BCUT2D eigenvalue weighted by Gasteiger charge is -2.14. The highest BCUT2D eigenvalue weighted by molar-refractivity contribution is 6.00. The van der Waals surface area contributed by atoms with E-state index < -0.39 is 6.10 Å². The quantitative estimate of drug-likeness (QED) is 0.775. The van der Waals surface area contributed by atoms with Crippen molar-refractivity contribution in [3.05, 3.63) is 29.3 Å². The maximum atomic E-state index is 11.6. The summed E-state index contributed by atoms with van der Waals surface area (Å²) in [5.41, 5.74) is 2.78. The van der Waals surface area contributed by atoms with Gasteiger partial charge in [0.1, 0.15) is 0 Å². The Balaban J connectivity index is 2.08. The Kier molecular flexibility index (Phi) is 3.99. The summed E-state index contributed by atoms with van der Waals surface area (Å²) in [7, 11) is 1.77. The molecule has 0 saturated carbocycles. The zero-order valence-electron chi connectivity index (χ0n) is 10.6. The van der Waals surface area contributed by atoms with Crippen molar-refractivity contribution in [3.63, 3.8) is 0 Å². The van der Waals surface area contributed by atoms with Crippen LogP contribution < -0.4 is 4.90 Å². The summed E-state index contributed by atoms with van der Waals surface area (Å²) in [5, 5.41) is 18.7. The predicted octanol–water partition coefficient (Wildman–Crippen LogP) is 1.40. The van der Waals surface area contributed by atoms with Crippen molar-refractivity contribution in [2.24, 2.45) is 0 Å². The second-order valence-electron chi connectivity index (χ2n) is 4.75. The first kappa shape index (κ1) is 13.1. The van der Waals surface area contributed by atoms with Crippen molar-refractivity contribution >= 4 is 11.6 Å². The van der Waals surface area contributed by atoms with E-state index in [0.717, 1.165) is 23.2 Å². The molecule has 0 spiro atoms. The zero-order chi connectivity index (χ0) is 13.1. The van der Waals surface area contributed by atoms with Gasteiger partial charge in [0.05, 0.1) is 12.5 Å². The molecule has 98 valence electrons. The Morgan fingerprint density at radius 3 is 2.89 bits per heavy atom. The Hall–Kier alpha value is -1.39. The number of hydrogen-bond donors (Lipinski definition) is 2. The summed E-state index contributed by atoms with van der Waals surface area (Å²) >= 11 is 0. The van der Waals surface area contributed by atoms with Gasteiger partial charge in [-0.05, 0) is 36.5 Å². The lowest BCUT2D eigenvalue weighted by atomic mass is 10.0. The molecule has 1 aromatic rings. The number of aliphatic hydroxyl groups is 2. The van der Waals surface area contributed by atoms with E-state index in [2.05, 4.69) is 0 Å². The maximum absolute atomic E-state index is 11.6. The van der Waals surface area contributed by atoms with Crippen LogP contribution in [0.2, 0.25) is 0 Å². The molecule has 1 atom stereocenters. The van der Waals surface area contributed by atoms with E-state index in [1.807, 2.05) is 18.2 Å². The Labute approximate surface area is 107 Å². The molecule has 0 aliphatic carbocycles. The molecule has 1 aromatic carbocycles. The molecule has 0 aromatic heterocycles. The van der Waals surface area contributed by atoms with Crippen molar-refractivity contribution < 1.29 is 15.0 Å². The minimum atomic E-state index is -0.511. The molecule has 4 nitrogen and oxygen atoms in total. The minimum Gasteiger partial charge on any atom is -0.396 e. The molecule has 1 heterocycles. The summed E-state index contributed by atoms with van der Waals surface area (Å²) in [6.45, 7) is 0.163. The fraction of sp³-hybridized carbons (Fsp3) is 0.500. The molecule has 2 N–H and O–H groups in total. The van der Waals surface area contributed by atoms with Gasteiger partial charge in [0.25, 0.3) is 0 Å². The molecule has 0 bridgehead atoms. The number of amides is 1. The summed E-state index contributed by atoms with van der Waals surface area (Å²) < 4.78 is 0. The number of carbonyl (C=O) groups excluding carboxylic acids is 1. The van der Waals surface area contributed by atoms with Gasteiger partial charge in [0, 0.05) is 19.3 Å². The summed E-state index contributed by atoms with van der Waals surface area (Å²) in [4.78, 5) is 13.2. The van der Waals surface area contributed by atoms with Crippen molar-refractivity contribution in [1.29, 1.82) is 0 Å². The Bertz CT molecular complexity index is 445. The number of aliphatic hydroxyl groups excluding tert-OH is 2. The minimum absolute atomic E-state index is 0.0944. The van der Waals surface area contributed by atoms with Crippen molar-refractivity contribution in [2.75, 3.05) is 18.6 Å². The first-order chi connectivity index (χ1) is 8.63. The van der Waals surface area contributed by atoms with Gasteiger partial charge in [0.15, 0.2) is 0 Å². The Morgan fingerprint density at radius 2 is 2.17 bits per heavy atom. The zero-order valence-corrected chi connectivity index (χ0v) is 10.6. The SMILES string of the molecule is CN1C(=O)Cc2cc(C(O)CCCCO)ccc21. The van der Waals surface area contributed by atoms with Crippen molar-refractivity contribution in [1.82, 2.24) is 0 Å². The molecule has 2 rings (SSSR count). The predicted molar refractivity (Wildman–Crippen MR) is 69.5 cm³/mol. The van der Waals surface area contributed by atoms with Crippen LogP contribution in [0.15, 0.2) is 18.2 Å². The van der Waals surface area contributed by atoms with Gasteiger partial charge in [-0.1, -0.05) is 12.1 Å². The molecule has 18 heavy (non-hydrogen) atoms. The highest BCUT2D eigenvalue weighted by Gasteiger charge is 2.24. The van der Waals surface area contributed by atoms with Gasteiger partial charge in [-0.25, -0.2) is 0 Å². The molecule has 1 unspecified atom stereocenters. The van der Waals surface area contributed by atoms with Crippen LogP contribution in [0.1, 0.15) is 36.5 Å². The van der Waals surface area contributed by atoms with Crippen LogP contribution >= 0.6 is 0 Å². The average Bonchev–Trinajstić information content (AvgIpc) is 2.65. The number of unbranched alkanes of at least 4 members (excludes halogenated alkanes) is 1. The number of likely N-dealkylation sites (N-methyl/N-ethyl adjacent to an activating group) is 1. The second kappa shape index (κ2) is 5.50. The number of carbonyl (C=O) groups is 1. The van der Waals surface area contributed by atoms with E-state index in [1.165, 1.54) is 0 Å². The number of hydrogen-bond acceptors (Lipinski definition) is 3. The van der Waals surface area contributed by atoms with Crippen LogP contribution in [0.25, 0.3) is 0 Å². The smallest absolute Gasteiger partial charge is 0.231 e. The number of anilines is 1. The van der Waals surface area contributed by atoms with E-state index in [0.29, 0.717) is 19.3 Å². The average molecular weight is 249 g/mol. The van der Waals surface area contributed by atoms with Gasteiger partial charge in [0.2, 0.25) is 5.91 Å². The third-order valence-corrected chi connectivity index (χ3v) is 3.45. The van der Waals surface area contributed by atoms with Gasteiger partial charge in [-0.15, -0.1) is 0 Å². The molecule has 1 aliphatic rings. The highest BCUT2D eigenvalue weighted by atomic mass is 16.3. The monoisotopic (exact) mass is 249 g/mol. The largest absolute Gasteiger partial charge is 0.396 e. The van der Waals surface area contributed by atoms with Crippen molar-refractivity contribution in [2.45, 2.75) is 31.8 Å². The van der Waals surface area contributed by atoms with E-state index in [1.54, 1.807) is 11.9 Å². The number of nitrogens with zero attached hydrogens (tertiary/aromatic N) is 1. The second-order valence-corrected chi connectivity index (χ2v) is 4.75. The van der Waals surface area contributed by atoms with Crippen LogP contribution in [0, 0.1) is 0 Å². The summed E-state index contributed by atoms with van der Waals surface area (Å²) in [6.07, 6.45) is 2.06. The normalized spacial score (nSPS) is 15.9. The van der Waals surface area contributed by atoms with Crippen LogP contribution in [0.3, 0.4) is 0 Å². The highest BCUT2D eigenvalue weighted by Crippen LogP contribution is 2.31. The van der Waals surface area contributed by atoms with E-state index in [-0.39, 0.29) is 12.5 Å². The molecular weight excluding hydrogens is 230 g/mol. The van der Waals surface area contributed by atoms with Crippen LogP contribution in [-0.2, 0) is 11.2 Å². The van der Waals surface area contributed by atoms with Gasteiger partial charge in [-0.2, -0.15) is 0 Å². The molecule has 1 amide bonds. The van der Waals surface area contributed by atoms with E-state index >= 15 is 0 Å². The maximum Gasteiger partial charge on any atom is 0.231 e. The van der Waals surface area contributed by atoms with Crippen LogP contribution in [-0.4, -0.2) is 29.8 Å². The van der Waals surface area contributed by atoms with Gasteiger partial charge >= 0.3 is 0 Å². The number of benzene rings is 1. The molecule has 0 fully saturated rings. The Morgan fingerprint density at radius 1 is 1.39 bits per heavy atom. The lowest BCUT2D eigenvalue weighted by molar-refractivity contribution is -0.117. The summed E-state index contributed by atoms with van der Waals surface area (Å²) in [6, 6.07) is 5.68. The topological polar surface area (TPSA) is 60.8 Å². The fourth-order valence-electron chi connectivity index (χ4n) is 2.31. The van der Waals surface area contributed by atoms with E-state index in [9.17, 15) is 9.90 Å². The number of rotatable bonds is 5. The fourth-order valence-corrected chi connectivity index (χ4v) is 2.31. The molecular formula is C14H19NO3. The number of fused-ring (bicyclic) bond motifs is 1. The molecule has 4 heteroatoms. The van der Waals surface area contributed by atoms with Crippen LogP contribution in [0.5, 0.6) is 0 Å². The first-order valence-corrected chi connectivity index (χ1v) is 6.32. The third-order valence-electron chi connectivity index (χ3n) is 3.45. The summed E-state index contributed by atoms with van der Waals surface area (Å²) in [5.74, 6) is 0.0944. The molecule has 1 aliphatic heterocycles. The van der Waals surface area contributed by atoms with Gasteiger partial charge in [-0.3, -0.25) is 4.79 Å². The lowest BCUT2D eigenvalue weighted by Crippen LogP contribution is -2.20. The standard InChI is InChI=1S/C14H19NO3/c1-15-12-6-5-10(8-11(12)9-14(15)18)13(17)4-2-3-7-16/h5-6,8,13,16-17H,2-4,7,9H2,1H3. The van der Waals surface area contributed by atoms with Gasteiger partial charge < -0.3 is 15.1 Å². The molecule has 0 saturated heterocycles. The van der Waals surface area contributed by atoms with Crippen molar-refractivity contribution in [3.8, 4) is 0 Å². The molecule has 0 radical (unpaired) electrons. The van der Waals surface area contributed by atoms with Crippen LogP contribution in [0.4, 0.5) is 5.69 Å². The first-order valence-electron chi connectivity index (χ1n) is 6.32. The van der Waals surface area contributed by atoms with E-state index in [4.69, 9.17) is 5.11 Å². The third kappa shape index (κ3) is 2.54.